The predicted octanol–water partition coefficient (Wildman–Crippen LogP) is 3.95. The molecule has 0 aromatic carbocycles. The number of nitrogens with zero attached hydrogens (tertiary/aromatic N) is 4. The molecule has 1 atom stereocenters. The summed E-state index contributed by atoms with van der Waals surface area (Å²) in [4.78, 5) is 15.5. The van der Waals surface area contributed by atoms with Gasteiger partial charge >= 0.3 is 0 Å². The highest BCUT2D eigenvalue weighted by Crippen LogP contribution is 2.42. The van der Waals surface area contributed by atoms with Crippen LogP contribution < -0.4 is 10.2 Å². The van der Waals surface area contributed by atoms with E-state index in [1.807, 2.05) is 25.2 Å². The third-order valence-electron chi connectivity index (χ3n) is 5.44. The highest BCUT2D eigenvalue weighted by atomic mass is 28.4. The first-order valence-corrected chi connectivity index (χ1v) is 11.8. The van der Waals surface area contributed by atoms with Gasteiger partial charge in [-0.1, -0.05) is 41.5 Å². The molecule has 2 rings (SSSR count). The maximum atomic E-state index is 6.72. The molecule has 0 bridgehead atoms. The number of hydrogen-bond donors (Lipinski definition) is 1. The normalized spacial score (nSPS) is 17.4. The van der Waals surface area contributed by atoms with Crippen molar-refractivity contribution in [1.82, 2.24) is 9.97 Å². The highest BCUT2D eigenvalue weighted by Gasteiger charge is 2.45. The molecule has 1 aliphatic heterocycles. The van der Waals surface area contributed by atoms with Crippen LogP contribution in [0.5, 0.6) is 0 Å². The number of rotatable bonds is 7. The molecule has 0 fully saturated rings. The number of anilines is 2. The Hall–Kier alpha value is -1.47. The van der Waals surface area contributed by atoms with Crippen LogP contribution in [0.4, 0.5) is 11.6 Å². The van der Waals surface area contributed by atoms with E-state index in [4.69, 9.17) is 9.42 Å². The van der Waals surface area contributed by atoms with Crippen molar-refractivity contribution in [2.75, 3.05) is 37.5 Å². The lowest BCUT2D eigenvalue weighted by atomic mass is 10.3. The maximum absolute atomic E-state index is 6.72. The fourth-order valence-electron chi connectivity index (χ4n) is 4.29. The summed E-state index contributed by atoms with van der Waals surface area (Å²) in [5, 5.41) is 3.43. The highest BCUT2D eigenvalue weighted by molar-refractivity contribution is 6.77. The Kier molecular flexibility index (Phi) is 6.79. The van der Waals surface area contributed by atoms with Gasteiger partial charge in [0.25, 0.3) is 0 Å². The second-order valence-electron chi connectivity index (χ2n) is 8.30. The minimum absolute atomic E-state index is 0.0855. The van der Waals surface area contributed by atoms with Gasteiger partial charge in [0.1, 0.15) is 18.0 Å². The van der Waals surface area contributed by atoms with Crippen LogP contribution >= 0.6 is 0 Å². The van der Waals surface area contributed by atoms with E-state index in [1.54, 1.807) is 6.33 Å². The molecule has 1 aliphatic rings. The van der Waals surface area contributed by atoms with Crippen LogP contribution in [0.15, 0.2) is 11.3 Å². The molecule has 0 radical (unpaired) electrons. The lowest BCUT2D eigenvalue weighted by molar-refractivity contribution is 0.259. The van der Waals surface area contributed by atoms with Gasteiger partial charge in [-0.15, -0.1) is 0 Å². The van der Waals surface area contributed by atoms with Crippen LogP contribution in [-0.2, 0) is 4.43 Å². The van der Waals surface area contributed by atoms with Gasteiger partial charge in [-0.25, -0.2) is 9.97 Å². The molecule has 0 unspecified atom stereocenters. The van der Waals surface area contributed by atoms with E-state index in [-0.39, 0.29) is 6.04 Å². The molecule has 0 saturated carbocycles. The zero-order chi connectivity index (χ0) is 19.5. The largest absolute Gasteiger partial charge is 0.414 e. The van der Waals surface area contributed by atoms with E-state index in [2.05, 4.69) is 56.8 Å². The van der Waals surface area contributed by atoms with Crippen LogP contribution in [0.25, 0.3) is 0 Å². The molecule has 1 aromatic rings. The predicted molar refractivity (Wildman–Crippen MR) is 113 cm³/mol. The van der Waals surface area contributed by atoms with Gasteiger partial charge in [0.15, 0.2) is 8.32 Å². The third kappa shape index (κ3) is 4.09. The summed E-state index contributed by atoms with van der Waals surface area (Å²) in [7, 11) is 2.09. The van der Waals surface area contributed by atoms with Crippen molar-refractivity contribution >= 4 is 26.2 Å². The molecule has 7 heteroatoms. The van der Waals surface area contributed by atoms with E-state index in [9.17, 15) is 0 Å². The molecule has 0 saturated heterocycles. The van der Waals surface area contributed by atoms with Gasteiger partial charge < -0.3 is 14.6 Å². The SMILES string of the molecule is CC(C)[Si](OC[C@@H]1CNc2ncnc(N(C)C)c2C=N1)(C(C)C)C(C)C. The number of nitrogens with one attached hydrogen (secondary N) is 1. The summed E-state index contributed by atoms with van der Waals surface area (Å²) in [5.74, 6) is 1.72. The summed E-state index contributed by atoms with van der Waals surface area (Å²) in [6, 6.07) is 0.0855. The topological polar surface area (TPSA) is 62.6 Å². The Bertz CT molecular complexity index is 609. The molecule has 1 N–H and O–H groups in total. The van der Waals surface area contributed by atoms with Crippen molar-refractivity contribution in [2.45, 2.75) is 64.2 Å². The van der Waals surface area contributed by atoms with Crippen molar-refractivity contribution in [2.24, 2.45) is 4.99 Å². The van der Waals surface area contributed by atoms with Gasteiger partial charge in [0.05, 0.1) is 18.2 Å². The molecule has 0 spiro atoms. The standard InChI is InChI=1S/C19H35N5OSi/c1-13(2)26(14(3)4,15(5)6)25-11-16-9-21-18-17(10-20-16)19(24(7)8)23-12-22-18/h10,12-16H,9,11H2,1-8H3,(H,21,22,23)/t16-/m0/s1. The van der Waals surface area contributed by atoms with Gasteiger partial charge in [0, 0.05) is 26.9 Å². The minimum Gasteiger partial charge on any atom is -0.414 e. The number of hydrogen-bond acceptors (Lipinski definition) is 6. The average molecular weight is 378 g/mol. The average Bonchev–Trinajstić information content (AvgIpc) is 2.76. The number of aliphatic imine (C=N–C) groups is 1. The molecule has 6 nitrogen and oxygen atoms in total. The summed E-state index contributed by atoms with van der Waals surface area (Å²) in [5.41, 5.74) is 2.68. The van der Waals surface area contributed by atoms with E-state index >= 15 is 0 Å². The Labute approximate surface area is 159 Å². The van der Waals surface area contributed by atoms with Crippen LogP contribution in [-0.4, -0.2) is 57.8 Å². The van der Waals surface area contributed by atoms with Crippen LogP contribution in [0.3, 0.4) is 0 Å². The van der Waals surface area contributed by atoms with E-state index in [1.165, 1.54) is 0 Å². The van der Waals surface area contributed by atoms with Crippen LogP contribution in [0.1, 0.15) is 47.1 Å². The van der Waals surface area contributed by atoms with E-state index in [0.29, 0.717) is 23.2 Å². The number of fused-ring (bicyclic) bond motifs is 1. The first-order chi connectivity index (χ1) is 12.2. The summed E-state index contributed by atoms with van der Waals surface area (Å²) >= 11 is 0. The van der Waals surface area contributed by atoms with E-state index < -0.39 is 8.32 Å². The third-order valence-corrected chi connectivity index (χ3v) is 11.5. The fraction of sp³-hybridized carbons (Fsp3) is 0.737. The Morgan fingerprint density at radius 3 is 2.27 bits per heavy atom. The summed E-state index contributed by atoms with van der Waals surface area (Å²) in [6.45, 7) is 15.3. The van der Waals surface area contributed by atoms with Gasteiger partial charge in [-0.05, 0) is 16.6 Å². The van der Waals surface area contributed by atoms with Crippen molar-refractivity contribution < 1.29 is 4.43 Å². The first kappa shape index (κ1) is 20.8. The molecular formula is C19H35N5OSi. The quantitative estimate of drug-likeness (QED) is 0.729. The Morgan fingerprint density at radius 2 is 1.73 bits per heavy atom. The molecule has 146 valence electrons. The lowest BCUT2D eigenvalue weighted by Gasteiger charge is -2.42. The van der Waals surface area contributed by atoms with E-state index in [0.717, 1.165) is 23.7 Å². The monoisotopic (exact) mass is 377 g/mol. The maximum Gasteiger partial charge on any atom is 0.200 e. The smallest absolute Gasteiger partial charge is 0.200 e. The molecule has 26 heavy (non-hydrogen) atoms. The zero-order valence-electron chi connectivity index (χ0n) is 17.6. The fourth-order valence-corrected chi connectivity index (χ4v) is 9.77. The Morgan fingerprint density at radius 1 is 1.12 bits per heavy atom. The van der Waals surface area contributed by atoms with Crippen molar-refractivity contribution in [1.29, 1.82) is 0 Å². The van der Waals surface area contributed by atoms with Crippen LogP contribution in [0, 0.1) is 0 Å². The van der Waals surface area contributed by atoms with Crippen molar-refractivity contribution in [3.8, 4) is 0 Å². The zero-order valence-corrected chi connectivity index (χ0v) is 18.6. The lowest BCUT2D eigenvalue weighted by Crippen LogP contribution is -2.49. The van der Waals surface area contributed by atoms with Gasteiger partial charge in [0.2, 0.25) is 0 Å². The first-order valence-electron chi connectivity index (χ1n) is 9.63. The molecule has 0 amide bonds. The summed E-state index contributed by atoms with van der Waals surface area (Å²) < 4.78 is 6.72. The summed E-state index contributed by atoms with van der Waals surface area (Å²) in [6.07, 6.45) is 3.50. The second kappa shape index (κ2) is 8.48. The Balaban J connectivity index is 2.17. The van der Waals surface area contributed by atoms with Crippen molar-refractivity contribution in [3.63, 3.8) is 0 Å². The minimum atomic E-state index is -1.87. The number of aromatic nitrogens is 2. The molecule has 0 aliphatic carbocycles. The van der Waals surface area contributed by atoms with Gasteiger partial charge in [-0.3, -0.25) is 4.99 Å². The van der Waals surface area contributed by atoms with Gasteiger partial charge in [-0.2, -0.15) is 0 Å². The molecule has 2 heterocycles. The van der Waals surface area contributed by atoms with Crippen LogP contribution in [0.2, 0.25) is 16.6 Å². The molecule has 1 aromatic heterocycles. The van der Waals surface area contributed by atoms with Crippen molar-refractivity contribution in [3.05, 3.63) is 11.9 Å². The molecular weight excluding hydrogens is 342 g/mol. The second-order valence-corrected chi connectivity index (χ2v) is 13.8.